The van der Waals surface area contributed by atoms with E-state index in [0.29, 0.717) is 27.2 Å². The quantitative estimate of drug-likeness (QED) is 0.110. The standard InChI is InChI=1S/C34H23FN4O8S/c1-2-46-33(41)29-30(21-6-4-3-5-7-21)36-34-37(31(29)22-10-12-23(35)13-11-22)32(40)28(48-34)18-20-8-15-25(16-9-20)47-27-17-14-24(38(42)43)19-26(27)39(44)45/h3-19,31H,2H2,1H3/b28-18-/t31-/m1/s1. The third-order valence-corrected chi connectivity index (χ3v) is 8.30. The lowest BCUT2D eigenvalue weighted by molar-refractivity contribution is -0.394. The van der Waals surface area contributed by atoms with Crippen LogP contribution in [0.25, 0.3) is 11.8 Å². The Morgan fingerprint density at radius 2 is 1.69 bits per heavy atom. The molecule has 14 heteroatoms. The number of ether oxygens (including phenoxy) is 2. The molecule has 1 aromatic heterocycles. The molecule has 0 amide bonds. The third kappa shape index (κ3) is 6.24. The highest BCUT2D eigenvalue weighted by atomic mass is 32.1. The summed E-state index contributed by atoms with van der Waals surface area (Å²) in [5.74, 6) is -1.10. The number of hydrogen-bond acceptors (Lipinski definition) is 10. The number of halogens is 1. The minimum absolute atomic E-state index is 0.0855. The van der Waals surface area contributed by atoms with E-state index in [1.807, 2.05) is 6.07 Å². The maximum absolute atomic E-state index is 14.0. The number of non-ortho nitro benzene ring substituents is 1. The molecule has 0 bridgehead atoms. The molecule has 48 heavy (non-hydrogen) atoms. The van der Waals surface area contributed by atoms with Crippen molar-refractivity contribution < 1.29 is 28.5 Å². The molecule has 0 aliphatic carbocycles. The Kier molecular flexibility index (Phi) is 8.73. The van der Waals surface area contributed by atoms with E-state index in [2.05, 4.69) is 0 Å². The number of nitro benzene ring substituents is 2. The van der Waals surface area contributed by atoms with Crippen LogP contribution in [-0.4, -0.2) is 27.0 Å². The number of nitrogens with zero attached hydrogens (tertiary/aromatic N) is 4. The highest BCUT2D eigenvalue weighted by Gasteiger charge is 2.35. The monoisotopic (exact) mass is 666 g/mol. The topological polar surface area (TPSA) is 156 Å². The Morgan fingerprint density at radius 3 is 2.33 bits per heavy atom. The molecule has 0 spiro atoms. The molecular weight excluding hydrogens is 643 g/mol. The van der Waals surface area contributed by atoms with Crippen LogP contribution in [0.1, 0.15) is 29.7 Å². The minimum atomic E-state index is -0.966. The number of aromatic nitrogens is 1. The van der Waals surface area contributed by atoms with Crippen LogP contribution >= 0.6 is 11.3 Å². The van der Waals surface area contributed by atoms with Crippen molar-refractivity contribution in [2.45, 2.75) is 13.0 Å². The van der Waals surface area contributed by atoms with Crippen LogP contribution in [0.5, 0.6) is 11.5 Å². The molecule has 4 aromatic carbocycles. The average molecular weight is 667 g/mol. The Balaban J connectivity index is 1.43. The average Bonchev–Trinajstić information content (AvgIpc) is 3.39. The molecule has 5 aromatic rings. The predicted octanol–water partition coefficient (Wildman–Crippen LogP) is 5.68. The fourth-order valence-corrected chi connectivity index (χ4v) is 6.16. The summed E-state index contributed by atoms with van der Waals surface area (Å²) in [5, 5.41) is 22.5. The lowest BCUT2D eigenvalue weighted by Gasteiger charge is -2.25. The lowest BCUT2D eigenvalue weighted by Crippen LogP contribution is -2.40. The summed E-state index contributed by atoms with van der Waals surface area (Å²) < 4.78 is 26.7. The highest BCUT2D eigenvalue weighted by molar-refractivity contribution is 7.07. The summed E-state index contributed by atoms with van der Waals surface area (Å²) in [7, 11) is 0. The van der Waals surface area contributed by atoms with Crippen LogP contribution < -0.4 is 19.6 Å². The van der Waals surface area contributed by atoms with Gasteiger partial charge in [-0.1, -0.05) is 65.9 Å². The minimum Gasteiger partial charge on any atom is -0.463 e. The van der Waals surface area contributed by atoms with Gasteiger partial charge < -0.3 is 9.47 Å². The Labute approximate surface area is 274 Å². The van der Waals surface area contributed by atoms with E-state index in [1.165, 1.54) is 41.0 Å². The summed E-state index contributed by atoms with van der Waals surface area (Å²) in [5.41, 5.74) is 0.709. The number of benzene rings is 4. The second-order valence-electron chi connectivity index (χ2n) is 10.3. The van der Waals surface area contributed by atoms with Crippen LogP contribution in [0.15, 0.2) is 112 Å². The first kappa shape index (κ1) is 31.7. The molecule has 0 unspecified atom stereocenters. The SMILES string of the molecule is CCOC(=O)C1=C(c2ccccc2)N=c2s/c(=C\c3ccc(Oc4ccc([N+](=O)[O-])cc4[N+](=O)[O-])cc3)c(=O)n2[C@@H]1c1ccc(F)cc1. The molecule has 1 aliphatic heterocycles. The summed E-state index contributed by atoms with van der Waals surface area (Å²) in [6.07, 6.45) is 1.62. The molecule has 240 valence electrons. The Bertz CT molecular complexity index is 2280. The number of thiazole rings is 1. The van der Waals surface area contributed by atoms with Crippen molar-refractivity contribution >= 4 is 40.5 Å². The lowest BCUT2D eigenvalue weighted by atomic mass is 9.93. The largest absolute Gasteiger partial charge is 0.463 e. The van der Waals surface area contributed by atoms with Gasteiger partial charge >= 0.3 is 11.7 Å². The molecule has 1 aliphatic rings. The van der Waals surface area contributed by atoms with E-state index in [1.54, 1.807) is 49.4 Å². The normalized spacial score (nSPS) is 14.2. The molecule has 0 radical (unpaired) electrons. The fraction of sp³-hybridized carbons (Fsp3) is 0.0882. The molecule has 12 nitrogen and oxygen atoms in total. The first-order valence-corrected chi connectivity index (χ1v) is 15.2. The van der Waals surface area contributed by atoms with Crippen LogP contribution in [-0.2, 0) is 9.53 Å². The zero-order chi connectivity index (χ0) is 33.9. The van der Waals surface area contributed by atoms with Crippen molar-refractivity contribution in [3.63, 3.8) is 0 Å². The van der Waals surface area contributed by atoms with Gasteiger partial charge in [0, 0.05) is 11.6 Å². The number of rotatable bonds is 9. The molecule has 0 saturated carbocycles. The molecular formula is C34H23FN4O8S. The van der Waals surface area contributed by atoms with E-state index < -0.39 is 44.6 Å². The van der Waals surface area contributed by atoms with E-state index in [0.717, 1.165) is 29.5 Å². The second kappa shape index (κ2) is 13.2. The molecule has 2 heterocycles. The Morgan fingerprint density at radius 1 is 0.979 bits per heavy atom. The maximum atomic E-state index is 14.0. The van der Waals surface area contributed by atoms with Crippen molar-refractivity contribution in [1.29, 1.82) is 0 Å². The number of esters is 1. The maximum Gasteiger partial charge on any atom is 0.338 e. The van der Waals surface area contributed by atoms with Crippen molar-refractivity contribution in [2.24, 2.45) is 4.99 Å². The van der Waals surface area contributed by atoms with Gasteiger partial charge in [-0.25, -0.2) is 14.2 Å². The molecule has 1 atom stereocenters. The number of carbonyl (C=O) groups excluding carboxylic acids is 1. The summed E-state index contributed by atoms with van der Waals surface area (Å²) in [6.45, 7) is 1.76. The number of fused-ring (bicyclic) bond motifs is 1. The summed E-state index contributed by atoms with van der Waals surface area (Å²) >= 11 is 1.11. The zero-order valence-electron chi connectivity index (χ0n) is 24.9. The molecule has 0 N–H and O–H groups in total. The van der Waals surface area contributed by atoms with Crippen LogP contribution in [0.4, 0.5) is 15.8 Å². The second-order valence-corrected chi connectivity index (χ2v) is 11.3. The van der Waals surface area contributed by atoms with Gasteiger partial charge in [0.15, 0.2) is 4.80 Å². The summed E-state index contributed by atoms with van der Waals surface area (Å²) in [4.78, 5) is 53.6. The number of hydrogen-bond donors (Lipinski definition) is 0. The van der Waals surface area contributed by atoms with Gasteiger partial charge in [0.05, 0.1) is 44.4 Å². The molecule has 6 rings (SSSR count). The molecule has 0 saturated heterocycles. The molecule has 0 fully saturated rings. The van der Waals surface area contributed by atoms with Crippen LogP contribution in [0.2, 0.25) is 0 Å². The van der Waals surface area contributed by atoms with E-state index in [9.17, 15) is 34.2 Å². The van der Waals surface area contributed by atoms with Crippen molar-refractivity contribution in [3.8, 4) is 11.5 Å². The Hall–Kier alpha value is -6.28. The van der Waals surface area contributed by atoms with Gasteiger partial charge in [-0.15, -0.1) is 0 Å². The first-order chi connectivity index (χ1) is 23.1. The van der Waals surface area contributed by atoms with Crippen molar-refractivity contribution in [2.75, 3.05) is 6.61 Å². The van der Waals surface area contributed by atoms with E-state index >= 15 is 0 Å². The highest BCUT2D eigenvalue weighted by Crippen LogP contribution is 2.36. The van der Waals surface area contributed by atoms with Crippen LogP contribution in [0, 0.1) is 26.0 Å². The van der Waals surface area contributed by atoms with Gasteiger partial charge in [-0.3, -0.25) is 29.6 Å². The van der Waals surface area contributed by atoms with Gasteiger partial charge in [-0.2, -0.15) is 0 Å². The van der Waals surface area contributed by atoms with Crippen molar-refractivity contribution in [3.05, 3.63) is 165 Å². The van der Waals surface area contributed by atoms with E-state index in [4.69, 9.17) is 14.5 Å². The fourth-order valence-electron chi connectivity index (χ4n) is 5.16. The van der Waals surface area contributed by atoms with Crippen LogP contribution in [0.3, 0.4) is 0 Å². The number of carbonyl (C=O) groups is 1. The third-order valence-electron chi connectivity index (χ3n) is 7.32. The van der Waals surface area contributed by atoms with Gasteiger partial charge in [0.25, 0.3) is 11.2 Å². The smallest absolute Gasteiger partial charge is 0.338 e. The van der Waals surface area contributed by atoms with Crippen molar-refractivity contribution in [1.82, 2.24) is 4.57 Å². The first-order valence-electron chi connectivity index (χ1n) is 14.4. The van der Waals surface area contributed by atoms with Gasteiger partial charge in [-0.05, 0) is 54.5 Å². The van der Waals surface area contributed by atoms with Gasteiger partial charge in [0.2, 0.25) is 5.75 Å². The predicted molar refractivity (Wildman–Crippen MR) is 174 cm³/mol. The van der Waals surface area contributed by atoms with Gasteiger partial charge in [0.1, 0.15) is 11.6 Å². The zero-order valence-corrected chi connectivity index (χ0v) is 25.8. The summed E-state index contributed by atoms with van der Waals surface area (Å²) in [6, 6.07) is 23.0. The van der Waals surface area contributed by atoms with E-state index in [-0.39, 0.29) is 28.2 Å². The number of nitro groups is 2.